The van der Waals surface area contributed by atoms with Crippen molar-refractivity contribution in [2.75, 3.05) is 0 Å². The molecule has 0 amide bonds. The maximum absolute atomic E-state index is 11.7. The second-order valence-electron chi connectivity index (χ2n) is 6.54. The smallest absolute Gasteiger partial charge is 0.160 e. The zero-order chi connectivity index (χ0) is 19.7. The zero-order valence-electron chi connectivity index (χ0n) is 15.5. The van der Waals surface area contributed by atoms with Gasteiger partial charge in [0.05, 0.1) is 16.5 Å². The molecule has 28 heavy (non-hydrogen) atoms. The Kier molecular flexibility index (Phi) is 4.64. The van der Waals surface area contributed by atoms with Crippen molar-refractivity contribution < 1.29 is 4.79 Å². The van der Waals surface area contributed by atoms with Gasteiger partial charge in [-0.3, -0.25) is 4.79 Å². The van der Waals surface area contributed by atoms with Crippen LogP contribution in [0.1, 0.15) is 26.6 Å². The summed E-state index contributed by atoms with van der Waals surface area (Å²) >= 11 is 1.44. The molecule has 136 valence electrons. The van der Waals surface area contributed by atoms with Crippen LogP contribution in [0.4, 0.5) is 0 Å². The molecule has 0 radical (unpaired) electrons. The summed E-state index contributed by atoms with van der Waals surface area (Å²) in [5.41, 5.74) is 6.61. The van der Waals surface area contributed by atoms with Gasteiger partial charge in [0.25, 0.3) is 0 Å². The first-order valence-corrected chi connectivity index (χ1v) is 9.69. The summed E-state index contributed by atoms with van der Waals surface area (Å²) in [4.78, 5) is 16.6. The average Bonchev–Trinajstić information content (AvgIpc) is 3.34. The van der Waals surface area contributed by atoms with Gasteiger partial charge in [0.15, 0.2) is 6.29 Å². The van der Waals surface area contributed by atoms with Gasteiger partial charge >= 0.3 is 0 Å². The van der Waals surface area contributed by atoms with Crippen LogP contribution in [0.3, 0.4) is 0 Å². The number of carbonyl (C=O) groups is 1. The SMILES string of the molecule is Cc1cc(C#N)ccc1-c1c(-c2ccc(-n3ccnc3C)cc2)csc1C=O. The molecule has 4 rings (SSSR count). The third kappa shape index (κ3) is 3.04. The minimum atomic E-state index is 0.616. The van der Waals surface area contributed by atoms with Gasteiger partial charge in [-0.2, -0.15) is 5.26 Å². The topological polar surface area (TPSA) is 58.7 Å². The van der Waals surface area contributed by atoms with E-state index in [0.717, 1.165) is 45.6 Å². The van der Waals surface area contributed by atoms with Crippen molar-refractivity contribution in [1.82, 2.24) is 9.55 Å². The summed E-state index contributed by atoms with van der Waals surface area (Å²) < 4.78 is 2.03. The minimum absolute atomic E-state index is 0.616. The number of thiophene rings is 1. The van der Waals surface area contributed by atoms with Gasteiger partial charge < -0.3 is 4.57 Å². The maximum Gasteiger partial charge on any atom is 0.160 e. The highest BCUT2D eigenvalue weighted by atomic mass is 32.1. The Hall–Kier alpha value is -3.49. The molecular formula is C23H17N3OS. The first-order chi connectivity index (χ1) is 13.6. The number of aldehydes is 1. The van der Waals surface area contributed by atoms with Crippen LogP contribution in [0.15, 0.2) is 60.2 Å². The van der Waals surface area contributed by atoms with E-state index in [9.17, 15) is 4.79 Å². The van der Waals surface area contributed by atoms with Crippen molar-refractivity contribution in [3.8, 4) is 34.0 Å². The molecule has 2 heterocycles. The Bertz CT molecular complexity index is 1210. The Balaban J connectivity index is 1.82. The lowest BCUT2D eigenvalue weighted by molar-refractivity contribution is 0.112. The van der Waals surface area contributed by atoms with E-state index in [1.807, 2.05) is 42.1 Å². The van der Waals surface area contributed by atoms with Crippen molar-refractivity contribution in [2.45, 2.75) is 13.8 Å². The highest BCUT2D eigenvalue weighted by Crippen LogP contribution is 2.40. The van der Waals surface area contributed by atoms with Crippen LogP contribution in [0.2, 0.25) is 0 Å². The molecule has 0 atom stereocenters. The normalized spacial score (nSPS) is 10.6. The third-order valence-electron chi connectivity index (χ3n) is 4.83. The van der Waals surface area contributed by atoms with E-state index in [2.05, 4.69) is 35.3 Å². The summed E-state index contributed by atoms with van der Waals surface area (Å²) in [6.45, 7) is 3.94. The van der Waals surface area contributed by atoms with Crippen molar-refractivity contribution in [2.24, 2.45) is 0 Å². The van der Waals surface area contributed by atoms with Gasteiger partial charge in [0.1, 0.15) is 5.82 Å². The van der Waals surface area contributed by atoms with Gasteiger partial charge in [0, 0.05) is 29.2 Å². The number of aryl methyl sites for hydroxylation is 2. The van der Waals surface area contributed by atoms with Crippen molar-refractivity contribution in [3.63, 3.8) is 0 Å². The molecular weight excluding hydrogens is 366 g/mol. The van der Waals surface area contributed by atoms with Crippen LogP contribution in [0.25, 0.3) is 27.9 Å². The van der Waals surface area contributed by atoms with Crippen molar-refractivity contribution >= 4 is 17.6 Å². The number of benzene rings is 2. The van der Waals surface area contributed by atoms with E-state index in [1.165, 1.54) is 11.3 Å². The van der Waals surface area contributed by atoms with Gasteiger partial charge in [-0.1, -0.05) is 18.2 Å². The van der Waals surface area contributed by atoms with Gasteiger partial charge in [-0.25, -0.2) is 4.98 Å². The van der Waals surface area contributed by atoms with Crippen LogP contribution < -0.4 is 0 Å². The molecule has 0 N–H and O–H groups in total. The number of aromatic nitrogens is 2. The third-order valence-corrected chi connectivity index (χ3v) is 5.74. The van der Waals surface area contributed by atoms with E-state index in [-0.39, 0.29) is 0 Å². The molecule has 0 bridgehead atoms. The Morgan fingerprint density at radius 1 is 1.11 bits per heavy atom. The fourth-order valence-electron chi connectivity index (χ4n) is 3.42. The van der Waals surface area contributed by atoms with Gasteiger partial charge in [0.2, 0.25) is 0 Å². The molecule has 0 saturated carbocycles. The largest absolute Gasteiger partial charge is 0.304 e. The standard InChI is InChI=1S/C23H17N3OS/c1-15-11-17(12-24)3-8-20(15)23-21(14-28-22(23)13-27)18-4-6-19(7-5-18)26-10-9-25-16(26)2/h3-11,13-14H,1-2H3. The fourth-order valence-corrected chi connectivity index (χ4v) is 4.31. The van der Waals surface area contributed by atoms with E-state index in [1.54, 1.807) is 12.3 Å². The second-order valence-corrected chi connectivity index (χ2v) is 7.45. The Morgan fingerprint density at radius 3 is 2.50 bits per heavy atom. The second kappa shape index (κ2) is 7.26. The van der Waals surface area contributed by atoms with E-state index < -0.39 is 0 Å². The molecule has 0 unspecified atom stereocenters. The Labute approximate surface area is 167 Å². The monoisotopic (exact) mass is 383 g/mol. The molecule has 0 aliphatic rings. The highest BCUT2D eigenvalue weighted by Gasteiger charge is 2.17. The number of hydrogen-bond donors (Lipinski definition) is 0. The summed E-state index contributed by atoms with van der Waals surface area (Å²) in [6, 6.07) is 16.0. The number of imidazole rings is 1. The lowest BCUT2D eigenvalue weighted by Gasteiger charge is -2.11. The lowest BCUT2D eigenvalue weighted by atomic mass is 9.93. The average molecular weight is 383 g/mol. The van der Waals surface area contributed by atoms with Crippen LogP contribution in [0.5, 0.6) is 0 Å². The summed E-state index contributed by atoms with van der Waals surface area (Å²) in [7, 11) is 0. The molecule has 2 aromatic heterocycles. The number of hydrogen-bond acceptors (Lipinski definition) is 4. The summed E-state index contributed by atoms with van der Waals surface area (Å²) in [5.74, 6) is 0.931. The van der Waals surface area contributed by atoms with Gasteiger partial charge in [-0.15, -0.1) is 11.3 Å². The summed E-state index contributed by atoms with van der Waals surface area (Å²) in [6.07, 6.45) is 4.62. The fraction of sp³-hybridized carbons (Fsp3) is 0.0870. The van der Waals surface area contributed by atoms with Crippen LogP contribution >= 0.6 is 11.3 Å². The summed E-state index contributed by atoms with van der Waals surface area (Å²) in [5, 5.41) is 11.2. The van der Waals surface area contributed by atoms with Crippen LogP contribution in [-0.2, 0) is 0 Å². The Morgan fingerprint density at radius 2 is 1.89 bits per heavy atom. The van der Waals surface area contributed by atoms with Crippen LogP contribution in [-0.4, -0.2) is 15.8 Å². The molecule has 0 fully saturated rings. The molecule has 0 aliphatic heterocycles. The molecule has 4 aromatic rings. The van der Waals surface area contributed by atoms with Crippen molar-refractivity contribution in [3.05, 3.63) is 82.1 Å². The molecule has 0 saturated heterocycles. The molecule has 0 spiro atoms. The predicted octanol–water partition coefficient (Wildman–Crippen LogP) is 5.57. The minimum Gasteiger partial charge on any atom is -0.304 e. The molecule has 5 heteroatoms. The quantitative estimate of drug-likeness (QED) is 0.433. The molecule has 0 aliphatic carbocycles. The number of nitriles is 1. The highest BCUT2D eigenvalue weighted by molar-refractivity contribution is 7.12. The lowest BCUT2D eigenvalue weighted by Crippen LogP contribution is -1.95. The number of carbonyl (C=O) groups excluding carboxylic acids is 1. The van der Waals surface area contributed by atoms with Crippen molar-refractivity contribution in [1.29, 1.82) is 5.26 Å². The van der Waals surface area contributed by atoms with E-state index in [0.29, 0.717) is 10.4 Å². The first kappa shape index (κ1) is 17.9. The molecule has 4 nitrogen and oxygen atoms in total. The predicted molar refractivity (Wildman–Crippen MR) is 112 cm³/mol. The van der Waals surface area contributed by atoms with E-state index in [4.69, 9.17) is 5.26 Å². The number of rotatable bonds is 4. The molecule has 2 aromatic carbocycles. The van der Waals surface area contributed by atoms with Crippen LogP contribution in [0, 0.1) is 25.2 Å². The number of nitrogens with zero attached hydrogens (tertiary/aromatic N) is 3. The first-order valence-electron chi connectivity index (χ1n) is 8.81. The maximum atomic E-state index is 11.7. The van der Waals surface area contributed by atoms with Gasteiger partial charge in [-0.05, 0) is 60.2 Å². The van der Waals surface area contributed by atoms with E-state index >= 15 is 0 Å². The zero-order valence-corrected chi connectivity index (χ0v) is 16.3.